The van der Waals surface area contributed by atoms with Gasteiger partial charge in [-0.15, -0.1) is 0 Å². The van der Waals surface area contributed by atoms with Crippen LogP contribution in [0.1, 0.15) is 18.1 Å². The zero-order chi connectivity index (χ0) is 19.7. The Morgan fingerprint density at radius 2 is 1.50 bits per heavy atom. The Morgan fingerprint density at radius 1 is 0.857 bits per heavy atom. The van der Waals surface area contributed by atoms with E-state index in [1.165, 1.54) is 16.7 Å². The summed E-state index contributed by atoms with van der Waals surface area (Å²) in [5.74, 6) is 0.995. The summed E-state index contributed by atoms with van der Waals surface area (Å²) in [7, 11) is 0. The van der Waals surface area contributed by atoms with Crippen molar-refractivity contribution >= 4 is 11.6 Å². The molecular formula is C24H22ClN3. The molecule has 28 heavy (non-hydrogen) atoms. The van der Waals surface area contributed by atoms with Crippen molar-refractivity contribution in [3.63, 3.8) is 0 Å². The number of hydrogen-bond donors (Lipinski definition) is 0. The fourth-order valence-electron chi connectivity index (χ4n) is 3.73. The van der Waals surface area contributed by atoms with Crippen LogP contribution in [-0.2, 0) is 6.54 Å². The van der Waals surface area contributed by atoms with Crippen LogP contribution >= 0.6 is 11.6 Å². The van der Waals surface area contributed by atoms with E-state index in [2.05, 4.69) is 60.7 Å². The number of aryl methyl sites for hydroxylation is 2. The van der Waals surface area contributed by atoms with Crippen molar-refractivity contribution in [3.05, 3.63) is 83.1 Å². The number of rotatable bonds is 4. The van der Waals surface area contributed by atoms with Gasteiger partial charge < -0.3 is 4.57 Å². The SMILES string of the molecule is CCn1c(-c2c(C)cccc2C)nc(-c2ccncc2)c1-c1ccc(Cl)cc1. The second kappa shape index (κ2) is 7.61. The first kappa shape index (κ1) is 18.5. The van der Waals surface area contributed by atoms with Crippen LogP contribution in [0.5, 0.6) is 0 Å². The van der Waals surface area contributed by atoms with E-state index in [9.17, 15) is 0 Å². The molecule has 140 valence electrons. The van der Waals surface area contributed by atoms with Crippen LogP contribution in [0, 0.1) is 13.8 Å². The molecule has 0 radical (unpaired) electrons. The number of nitrogens with zero attached hydrogens (tertiary/aromatic N) is 3. The summed E-state index contributed by atoms with van der Waals surface area (Å²) in [5.41, 5.74) is 7.86. The fourth-order valence-corrected chi connectivity index (χ4v) is 3.86. The van der Waals surface area contributed by atoms with Gasteiger partial charge in [-0.2, -0.15) is 0 Å². The highest BCUT2D eigenvalue weighted by Crippen LogP contribution is 2.38. The summed E-state index contributed by atoms with van der Waals surface area (Å²) >= 11 is 6.14. The monoisotopic (exact) mass is 387 g/mol. The highest BCUT2D eigenvalue weighted by atomic mass is 35.5. The molecular weight excluding hydrogens is 366 g/mol. The molecule has 0 amide bonds. The Hall–Kier alpha value is -2.91. The van der Waals surface area contributed by atoms with E-state index in [0.717, 1.165) is 39.9 Å². The lowest BCUT2D eigenvalue weighted by Crippen LogP contribution is -2.02. The van der Waals surface area contributed by atoms with Gasteiger partial charge in [0.05, 0.1) is 11.4 Å². The molecule has 0 saturated heterocycles. The van der Waals surface area contributed by atoms with Gasteiger partial charge in [0.1, 0.15) is 5.82 Å². The minimum Gasteiger partial charge on any atom is -0.324 e. The van der Waals surface area contributed by atoms with E-state index in [1.54, 1.807) is 0 Å². The zero-order valence-electron chi connectivity index (χ0n) is 16.3. The Morgan fingerprint density at radius 3 is 2.11 bits per heavy atom. The van der Waals surface area contributed by atoms with Gasteiger partial charge in [0, 0.05) is 40.7 Å². The Balaban J connectivity index is 2.06. The highest BCUT2D eigenvalue weighted by Gasteiger charge is 2.22. The van der Waals surface area contributed by atoms with Crippen LogP contribution < -0.4 is 0 Å². The van der Waals surface area contributed by atoms with Gasteiger partial charge >= 0.3 is 0 Å². The lowest BCUT2D eigenvalue weighted by Gasteiger charge is -2.14. The molecule has 2 heterocycles. The van der Waals surface area contributed by atoms with Gasteiger partial charge in [-0.3, -0.25) is 4.98 Å². The molecule has 2 aromatic carbocycles. The summed E-state index contributed by atoms with van der Waals surface area (Å²) in [5, 5.41) is 0.728. The van der Waals surface area contributed by atoms with E-state index >= 15 is 0 Å². The minimum absolute atomic E-state index is 0.728. The topological polar surface area (TPSA) is 30.7 Å². The molecule has 3 nitrogen and oxygen atoms in total. The molecule has 0 saturated carbocycles. The van der Waals surface area contributed by atoms with Crippen molar-refractivity contribution < 1.29 is 0 Å². The summed E-state index contributed by atoms with van der Waals surface area (Å²) in [6, 6.07) is 18.4. The third-order valence-electron chi connectivity index (χ3n) is 5.06. The third kappa shape index (κ3) is 3.23. The predicted octanol–water partition coefficient (Wildman–Crippen LogP) is 6.57. The second-order valence-electron chi connectivity index (χ2n) is 6.89. The normalized spacial score (nSPS) is 11.0. The zero-order valence-corrected chi connectivity index (χ0v) is 17.0. The fraction of sp³-hybridized carbons (Fsp3) is 0.167. The summed E-state index contributed by atoms with van der Waals surface area (Å²) in [6.07, 6.45) is 3.62. The number of hydrogen-bond acceptors (Lipinski definition) is 2. The number of halogens is 1. The molecule has 0 atom stereocenters. The molecule has 4 rings (SSSR count). The predicted molar refractivity (Wildman–Crippen MR) is 116 cm³/mol. The van der Waals surface area contributed by atoms with Crippen molar-refractivity contribution in [1.82, 2.24) is 14.5 Å². The van der Waals surface area contributed by atoms with E-state index in [-0.39, 0.29) is 0 Å². The molecule has 2 aromatic heterocycles. The lowest BCUT2D eigenvalue weighted by molar-refractivity contribution is 0.777. The molecule has 0 unspecified atom stereocenters. The molecule has 0 fully saturated rings. The minimum atomic E-state index is 0.728. The Bertz CT molecular complexity index is 1090. The molecule has 0 N–H and O–H groups in total. The maximum Gasteiger partial charge on any atom is 0.141 e. The van der Waals surface area contributed by atoms with E-state index in [1.807, 2.05) is 36.7 Å². The second-order valence-corrected chi connectivity index (χ2v) is 7.32. The van der Waals surface area contributed by atoms with Gasteiger partial charge in [-0.1, -0.05) is 41.9 Å². The van der Waals surface area contributed by atoms with Crippen molar-refractivity contribution in [2.75, 3.05) is 0 Å². The van der Waals surface area contributed by atoms with E-state index in [4.69, 9.17) is 16.6 Å². The Kier molecular flexibility index (Phi) is 5.01. The van der Waals surface area contributed by atoms with Crippen molar-refractivity contribution in [1.29, 1.82) is 0 Å². The quantitative estimate of drug-likeness (QED) is 0.396. The average molecular weight is 388 g/mol. The molecule has 0 aliphatic carbocycles. The molecule has 0 aliphatic rings. The molecule has 4 heteroatoms. The average Bonchev–Trinajstić information content (AvgIpc) is 3.08. The van der Waals surface area contributed by atoms with Crippen LogP contribution in [0.25, 0.3) is 33.9 Å². The van der Waals surface area contributed by atoms with Crippen LogP contribution in [0.2, 0.25) is 5.02 Å². The van der Waals surface area contributed by atoms with E-state index in [0.29, 0.717) is 0 Å². The molecule has 0 spiro atoms. The first-order valence-corrected chi connectivity index (χ1v) is 9.81. The number of aromatic nitrogens is 3. The molecule has 4 aromatic rings. The third-order valence-corrected chi connectivity index (χ3v) is 5.31. The number of imidazole rings is 1. The highest BCUT2D eigenvalue weighted by molar-refractivity contribution is 6.30. The van der Waals surface area contributed by atoms with Crippen LogP contribution in [0.4, 0.5) is 0 Å². The molecule has 0 bridgehead atoms. The smallest absolute Gasteiger partial charge is 0.141 e. The standard InChI is InChI=1S/C24H22ClN3/c1-4-28-23(19-8-10-20(25)11-9-19)22(18-12-14-26-15-13-18)27-24(28)21-16(2)6-5-7-17(21)3/h5-15H,4H2,1-3H3. The maximum absolute atomic E-state index is 6.14. The van der Waals surface area contributed by atoms with Crippen LogP contribution in [-0.4, -0.2) is 14.5 Å². The van der Waals surface area contributed by atoms with E-state index < -0.39 is 0 Å². The van der Waals surface area contributed by atoms with Crippen molar-refractivity contribution in [2.24, 2.45) is 0 Å². The van der Waals surface area contributed by atoms with Gasteiger partial charge in [0.2, 0.25) is 0 Å². The lowest BCUT2D eigenvalue weighted by atomic mass is 10.0. The number of benzene rings is 2. The summed E-state index contributed by atoms with van der Waals surface area (Å²) in [4.78, 5) is 9.31. The van der Waals surface area contributed by atoms with Crippen LogP contribution in [0.3, 0.4) is 0 Å². The van der Waals surface area contributed by atoms with Gasteiger partial charge in [0.25, 0.3) is 0 Å². The first-order chi connectivity index (χ1) is 13.6. The number of pyridine rings is 1. The van der Waals surface area contributed by atoms with Crippen molar-refractivity contribution in [2.45, 2.75) is 27.3 Å². The molecule has 0 aliphatic heterocycles. The summed E-state index contributed by atoms with van der Waals surface area (Å²) < 4.78 is 2.30. The van der Waals surface area contributed by atoms with Crippen molar-refractivity contribution in [3.8, 4) is 33.9 Å². The first-order valence-electron chi connectivity index (χ1n) is 9.43. The van der Waals surface area contributed by atoms with Crippen LogP contribution in [0.15, 0.2) is 67.0 Å². The Labute approximate surface area is 170 Å². The van der Waals surface area contributed by atoms with Gasteiger partial charge in [-0.05, 0) is 56.2 Å². The maximum atomic E-state index is 6.14. The largest absolute Gasteiger partial charge is 0.324 e. The summed E-state index contributed by atoms with van der Waals surface area (Å²) in [6.45, 7) is 7.27. The van der Waals surface area contributed by atoms with Gasteiger partial charge in [-0.25, -0.2) is 4.98 Å². The van der Waals surface area contributed by atoms with Gasteiger partial charge in [0.15, 0.2) is 0 Å².